The van der Waals surface area contributed by atoms with Crippen molar-refractivity contribution < 1.29 is 9.59 Å². The Kier molecular flexibility index (Phi) is 1.42. The fourth-order valence-electron chi connectivity index (χ4n) is 1.14. The summed E-state index contributed by atoms with van der Waals surface area (Å²) in [6, 6.07) is 0. The van der Waals surface area contributed by atoms with Crippen molar-refractivity contribution in [3.8, 4) is 0 Å². The van der Waals surface area contributed by atoms with Crippen LogP contribution in [0.1, 0.15) is 6.42 Å². The highest BCUT2D eigenvalue weighted by atomic mass is 32.2. The number of ketones is 1. The number of carbonyl (C=O) groups is 2. The minimum atomic E-state index is -0.204. The summed E-state index contributed by atoms with van der Waals surface area (Å²) >= 11 is 1.14. The SMILES string of the molecule is O=C1CC2C(=O)C=NC=C2S1. The Labute approximate surface area is 67.6 Å². The molecule has 1 unspecified atom stereocenters. The number of hydrogen-bond donors (Lipinski definition) is 0. The van der Waals surface area contributed by atoms with Crippen LogP contribution in [-0.4, -0.2) is 17.1 Å². The average molecular weight is 167 g/mol. The van der Waals surface area contributed by atoms with E-state index in [0.29, 0.717) is 6.42 Å². The number of rotatable bonds is 0. The molecule has 0 bridgehead atoms. The van der Waals surface area contributed by atoms with Crippen molar-refractivity contribution in [3.63, 3.8) is 0 Å². The molecule has 2 aliphatic rings. The number of aliphatic imine (C=N–C) groups is 1. The van der Waals surface area contributed by atoms with Gasteiger partial charge in [0.25, 0.3) is 0 Å². The smallest absolute Gasteiger partial charge is 0.194 e. The van der Waals surface area contributed by atoms with Gasteiger partial charge >= 0.3 is 0 Å². The third-order valence-corrected chi connectivity index (χ3v) is 2.71. The first-order chi connectivity index (χ1) is 5.27. The minimum absolute atomic E-state index is 0.0409. The lowest BCUT2D eigenvalue weighted by Crippen LogP contribution is -2.16. The van der Waals surface area contributed by atoms with Crippen molar-refractivity contribution in [1.82, 2.24) is 0 Å². The molecule has 3 nitrogen and oxygen atoms in total. The number of nitrogens with zero attached hydrogens (tertiary/aromatic N) is 1. The van der Waals surface area contributed by atoms with Crippen molar-refractivity contribution in [3.05, 3.63) is 11.1 Å². The Morgan fingerprint density at radius 3 is 3.09 bits per heavy atom. The largest absolute Gasteiger partial charge is 0.292 e. The van der Waals surface area contributed by atoms with Gasteiger partial charge in [-0.1, -0.05) is 11.8 Å². The molecule has 0 radical (unpaired) electrons. The summed E-state index contributed by atoms with van der Waals surface area (Å²) in [5.74, 6) is -0.245. The first kappa shape index (κ1) is 6.79. The molecule has 0 saturated carbocycles. The highest BCUT2D eigenvalue weighted by Gasteiger charge is 2.34. The van der Waals surface area contributed by atoms with Gasteiger partial charge in [-0.25, -0.2) is 0 Å². The maximum atomic E-state index is 11.1. The molecule has 2 heterocycles. The molecule has 1 atom stereocenters. The number of allylic oxidation sites excluding steroid dienone is 1. The maximum Gasteiger partial charge on any atom is 0.194 e. The summed E-state index contributed by atoms with van der Waals surface area (Å²) < 4.78 is 0. The van der Waals surface area contributed by atoms with Crippen molar-refractivity contribution in [2.24, 2.45) is 10.9 Å². The molecule has 4 heteroatoms. The van der Waals surface area contributed by atoms with Gasteiger partial charge in [0.2, 0.25) is 0 Å². The molecule has 0 N–H and O–H groups in total. The summed E-state index contributed by atoms with van der Waals surface area (Å²) in [4.78, 5) is 26.5. The van der Waals surface area contributed by atoms with Gasteiger partial charge < -0.3 is 0 Å². The summed E-state index contributed by atoms with van der Waals surface area (Å²) in [5.41, 5.74) is 0. The van der Waals surface area contributed by atoms with Crippen LogP contribution in [0, 0.1) is 5.92 Å². The van der Waals surface area contributed by atoms with E-state index in [1.54, 1.807) is 6.20 Å². The van der Waals surface area contributed by atoms with Gasteiger partial charge in [-0.3, -0.25) is 14.6 Å². The standard InChI is InChI=1S/C7H5NO2S/c9-5-2-8-3-6-4(5)1-7(10)11-6/h2-4H,1H2. The van der Waals surface area contributed by atoms with E-state index >= 15 is 0 Å². The van der Waals surface area contributed by atoms with Crippen LogP contribution in [0.25, 0.3) is 0 Å². The van der Waals surface area contributed by atoms with Gasteiger partial charge in [0.15, 0.2) is 10.9 Å². The Hall–Kier alpha value is -0.900. The molecule has 11 heavy (non-hydrogen) atoms. The van der Waals surface area contributed by atoms with Gasteiger partial charge in [-0.15, -0.1) is 0 Å². The molecule has 0 aromatic rings. The van der Waals surface area contributed by atoms with Crippen LogP contribution in [0.5, 0.6) is 0 Å². The van der Waals surface area contributed by atoms with E-state index in [0.717, 1.165) is 16.7 Å². The Morgan fingerprint density at radius 2 is 2.36 bits per heavy atom. The first-order valence-corrected chi connectivity index (χ1v) is 4.07. The third kappa shape index (κ3) is 1.03. The van der Waals surface area contributed by atoms with Gasteiger partial charge in [-0.2, -0.15) is 0 Å². The second-order valence-corrected chi connectivity index (χ2v) is 3.57. The van der Waals surface area contributed by atoms with Crippen LogP contribution in [0.3, 0.4) is 0 Å². The van der Waals surface area contributed by atoms with E-state index in [2.05, 4.69) is 4.99 Å². The number of fused-ring (bicyclic) bond motifs is 1. The molecule has 0 aromatic heterocycles. The Bertz CT molecular complexity index is 293. The molecule has 0 aromatic carbocycles. The number of hydrogen-bond acceptors (Lipinski definition) is 4. The molecule has 0 aliphatic carbocycles. The zero-order valence-corrected chi connectivity index (χ0v) is 6.43. The predicted molar refractivity (Wildman–Crippen MR) is 42.3 cm³/mol. The Morgan fingerprint density at radius 1 is 1.55 bits per heavy atom. The summed E-state index contributed by atoms with van der Waals surface area (Å²) in [5, 5.41) is 0.0695. The van der Waals surface area contributed by atoms with Crippen LogP contribution in [-0.2, 0) is 9.59 Å². The topological polar surface area (TPSA) is 46.5 Å². The van der Waals surface area contributed by atoms with Crippen LogP contribution in [0.2, 0.25) is 0 Å². The highest BCUT2D eigenvalue weighted by molar-refractivity contribution is 8.17. The van der Waals surface area contributed by atoms with Gasteiger partial charge in [0.1, 0.15) is 0 Å². The van der Waals surface area contributed by atoms with E-state index in [1.807, 2.05) is 0 Å². The van der Waals surface area contributed by atoms with Crippen molar-refractivity contribution in [2.75, 3.05) is 0 Å². The second-order valence-electron chi connectivity index (χ2n) is 2.44. The van der Waals surface area contributed by atoms with Gasteiger partial charge in [0.05, 0.1) is 12.1 Å². The van der Waals surface area contributed by atoms with Crippen LogP contribution >= 0.6 is 11.8 Å². The van der Waals surface area contributed by atoms with Crippen LogP contribution in [0.15, 0.2) is 16.1 Å². The second kappa shape index (κ2) is 2.30. The molecule has 1 fully saturated rings. The highest BCUT2D eigenvalue weighted by Crippen LogP contribution is 2.38. The molecule has 2 rings (SSSR count). The van der Waals surface area contributed by atoms with E-state index in [-0.39, 0.29) is 16.8 Å². The Balaban J connectivity index is 2.35. The van der Waals surface area contributed by atoms with Crippen molar-refractivity contribution in [2.45, 2.75) is 6.42 Å². The summed E-state index contributed by atoms with van der Waals surface area (Å²) in [6.45, 7) is 0. The molecule has 56 valence electrons. The van der Waals surface area contributed by atoms with Crippen molar-refractivity contribution in [1.29, 1.82) is 0 Å². The summed E-state index contributed by atoms with van der Waals surface area (Å²) in [7, 11) is 0. The number of Topliss-reactive ketones (excluding diaryl/α,β-unsaturated/α-hetero) is 1. The average Bonchev–Trinajstić information content (AvgIpc) is 2.31. The lowest BCUT2D eigenvalue weighted by atomic mass is 10.0. The molecule has 2 aliphatic heterocycles. The fourth-order valence-corrected chi connectivity index (χ4v) is 2.11. The molecular weight excluding hydrogens is 162 g/mol. The minimum Gasteiger partial charge on any atom is -0.292 e. The first-order valence-electron chi connectivity index (χ1n) is 3.25. The molecule has 0 amide bonds. The quantitative estimate of drug-likeness (QED) is 0.535. The maximum absolute atomic E-state index is 11.1. The van der Waals surface area contributed by atoms with E-state index in [9.17, 15) is 9.59 Å². The number of thioether (sulfide) groups is 1. The van der Waals surface area contributed by atoms with E-state index in [4.69, 9.17) is 0 Å². The zero-order valence-electron chi connectivity index (χ0n) is 5.61. The monoisotopic (exact) mass is 167 g/mol. The van der Waals surface area contributed by atoms with Crippen LogP contribution in [0.4, 0.5) is 0 Å². The van der Waals surface area contributed by atoms with Crippen LogP contribution < -0.4 is 0 Å². The normalized spacial score (nSPS) is 28.7. The number of carbonyl (C=O) groups excluding carboxylic acids is 2. The molecule has 0 spiro atoms. The fraction of sp³-hybridized carbons (Fsp3) is 0.286. The lowest BCUT2D eigenvalue weighted by molar-refractivity contribution is -0.118. The third-order valence-electron chi connectivity index (χ3n) is 1.69. The van der Waals surface area contributed by atoms with Gasteiger partial charge in [-0.05, 0) is 0 Å². The van der Waals surface area contributed by atoms with Gasteiger partial charge in [0, 0.05) is 17.5 Å². The van der Waals surface area contributed by atoms with E-state index < -0.39 is 0 Å². The summed E-state index contributed by atoms with van der Waals surface area (Å²) in [6.07, 6.45) is 3.23. The predicted octanol–water partition coefficient (Wildman–Crippen LogP) is 0.761. The molecule has 1 saturated heterocycles. The van der Waals surface area contributed by atoms with Crippen molar-refractivity contribution >= 4 is 28.9 Å². The zero-order chi connectivity index (χ0) is 7.84. The molecular formula is C7H5NO2S. The lowest BCUT2D eigenvalue weighted by Gasteiger charge is -2.06. The van der Waals surface area contributed by atoms with E-state index in [1.165, 1.54) is 6.21 Å².